The van der Waals surface area contributed by atoms with Crippen LogP contribution >= 0.6 is 0 Å². The fraction of sp³-hybridized carbons (Fsp3) is 0.500. The van der Waals surface area contributed by atoms with Gasteiger partial charge in [0.1, 0.15) is 0 Å². The average molecular weight is 443 g/mol. The Morgan fingerprint density at radius 3 is 2.74 bits per heavy atom. The molecule has 1 aromatic carbocycles. The van der Waals surface area contributed by atoms with E-state index in [0.717, 1.165) is 43.1 Å². The number of hydrogen-bond donors (Lipinski definition) is 0. The molecule has 2 aromatic rings. The second kappa shape index (κ2) is 7.87. The fourth-order valence-corrected chi connectivity index (χ4v) is 5.99. The number of hydrogen-bond acceptors (Lipinski definition) is 7. The van der Waals surface area contributed by atoms with E-state index in [0.29, 0.717) is 19.6 Å². The Hall–Kier alpha value is -2.52. The molecule has 3 aliphatic heterocycles. The molecule has 0 spiro atoms. The van der Waals surface area contributed by atoms with Crippen LogP contribution in [-0.2, 0) is 21.0 Å². The van der Waals surface area contributed by atoms with Gasteiger partial charge in [-0.3, -0.25) is 4.79 Å². The zero-order chi connectivity index (χ0) is 21.6. The highest BCUT2D eigenvalue weighted by Crippen LogP contribution is 2.44. The van der Waals surface area contributed by atoms with Crippen LogP contribution in [0.15, 0.2) is 35.4 Å². The molecule has 2 unspecified atom stereocenters. The van der Waals surface area contributed by atoms with Gasteiger partial charge in [0.15, 0.2) is 9.84 Å². The molecule has 9 heteroatoms. The maximum atomic E-state index is 13.6. The molecule has 164 valence electrons. The molecule has 0 aliphatic carbocycles. The second-order valence-corrected chi connectivity index (χ2v) is 10.5. The fourth-order valence-electron chi connectivity index (χ4n) is 4.90. The third kappa shape index (κ3) is 3.49. The first-order valence-corrected chi connectivity index (χ1v) is 12.5. The van der Waals surface area contributed by atoms with Gasteiger partial charge in [0.2, 0.25) is 5.95 Å². The molecule has 5 rings (SSSR count). The van der Waals surface area contributed by atoms with Crippen LogP contribution in [0, 0.1) is 0 Å². The zero-order valence-electron chi connectivity index (χ0n) is 17.5. The molecule has 2 bridgehead atoms. The predicted molar refractivity (Wildman–Crippen MR) is 115 cm³/mol. The van der Waals surface area contributed by atoms with E-state index in [9.17, 15) is 13.2 Å². The second-order valence-electron chi connectivity index (χ2n) is 8.23. The summed E-state index contributed by atoms with van der Waals surface area (Å²) in [5.41, 5.74) is 2.24. The van der Waals surface area contributed by atoms with E-state index in [2.05, 4.69) is 9.88 Å². The van der Waals surface area contributed by atoms with E-state index in [-0.39, 0.29) is 34.2 Å². The molecule has 0 N–H and O–H groups in total. The van der Waals surface area contributed by atoms with Crippen molar-refractivity contribution in [3.05, 3.63) is 47.3 Å². The smallest absolute Gasteiger partial charge is 0.255 e. The van der Waals surface area contributed by atoms with Gasteiger partial charge in [0.25, 0.3) is 5.91 Å². The highest BCUT2D eigenvalue weighted by molar-refractivity contribution is 7.91. The molecule has 31 heavy (non-hydrogen) atoms. The molecule has 0 radical (unpaired) electrons. The number of carbonyl (C=O) groups is 1. The van der Waals surface area contributed by atoms with Crippen molar-refractivity contribution >= 4 is 21.7 Å². The minimum atomic E-state index is -3.49. The molecule has 0 saturated carbocycles. The molecule has 4 heterocycles. The molecule has 2 saturated heterocycles. The van der Waals surface area contributed by atoms with Crippen molar-refractivity contribution in [1.82, 2.24) is 14.9 Å². The first kappa shape index (κ1) is 20.4. The first-order chi connectivity index (χ1) is 15.0. The Bertz CT molecular complexity index is 1110. The minimum Gasteiger partial charge on any atom is -0.378 e. The van der Waals surface area contributed by atoms with Crippen LogP contribution in [-0.4, -0.2) is 67.3 Å². The lowest BCUT2D eigenvalue weighted by Gasteiger charge is -2.36. The van der Waals surface area contributed by atoms with Crippen LogP contribution in [0.5, 0.6) is 0 Å². The lowest BCUT2D eigenvalue weighted by atomic mass is 9.98. The molecule has 2 fully saturated rings. The van der Waals surface area contributed by atoms with Crippen molar-refractivity contribution in [3.63, 3.8) is 0 Å². The number of carbonyl (C=O) groups excluding carboxylic acids is 1. The number of ether oxygens (including phenoxy) is 1. The van der Waals surface area contributed by atoms with Crippen molar-refractivity contribution in [2.24, 2.45) is 0 Å². The number of rotatable bonds is 4. The van der Waals surface area contributed by atoms with E-state index in [1.807, 2.05) is 11.1 Å². The average Bonchev–Trinajstić information content (AvgIpc) is 3.13. The number of benzene rings is 1. The topological polar surface area (TPSA) is 92.7 Å². The van der Waals surface area contributed by atoms with Crippen LogP contribution in [0.3, 0.4) is 0 Å². The maximum Gasteiger partial charge on any atom is 0.255 e. The van der Waals surface area contributed by atoms with Crippen LogP contribution in [0.2, 0.25) is 0 Å². The number of fused-ring (bicyclic) bond motifs is 4. The van der Waals surface area contributed by atoms with Gasteiger partial charge < -0.3 is 14.5 Å². The zero-order valence-corrected chi connectivity index (χ0v) is 18.3. The van der Waals surface area contributed by atoms with Gasteiger partial charge in [-0.25, -0.2) is 18.4 Å². The highest BCUT2D eigenvalue weighted by Gasteiger charge is 2.44. The Labute approximate surface area is 182 Å². The third-order valence-corrected chi connectivity index (χ3v) is 8.32. The Morgan fingerprint density at radius 1 is 1.19 bits per heavy atom. The summed E-state index contributed by atoms with van der Waals surface area (Å²) in [4.78, 5) is 27.1. The summed E-state index contributed by atoms with van der Waals surface area (Å²) in [7, 11) is -3.49. The molecule has 1 aromatic heterocycles. The van der Waals surface area contributed by atoms with Gasteiger partial charge in [0, 0.05) is 37.3 Å². The van der Waals surface area contributed by atoms with E-state index in [4.69, 9.17) is 9.72 Å². The van der Waals surface area contributed by atoms with Gasteiger partial charge in [-0.2, -0.15) is 0 Å². The monoisotopic (exact) mass is 442 g/mol. The van der Waals surface area contributed by atoms with Gasteiger partial charge in [-0.05, 0) is 25.0 Å². The number of morpholine rings is 1. The Kier molecular flexibility index (Phi) is 5.18. The minimum absolute atomic E-state index is 0.0230. The van der Waals surface area contributed by atoms with Gasteiger partial charge in [-0.15, -0.1) is 0 Å². The summed E-state index contributed by atoms with van der Waals surface area (Å²) < 4.78 is 30.6. The van der Waals surface area contributed by atoms with Crippen molar-refractivity contribution < 1.29 is 17.9 Å². The van der Waals surface area contributed by atoms with E-state index in [1.54, 1.807) is 25.1 Å². The van der Waals surface area contributed by atoms with Crippen molar-refractivity contribution in [2.45, 2.75) is 43.2 Å². The van der Waals surface area contributed by atoms with Gasteiger partial charge in [0.05, 0.1) is 41.2 Å². The van der Waals surface area contributed by atoms with Crippen molar-refractivity contribution in [1.29, 1.82) is 0 Å². The van der Waals surface area contributed by atoms with Crippen LogP contribution < -0.4 is 4.90 Å². The quantitative estimate of drug-likeness (QED) is 0.715. The number of amides is 1. The van der Waals surface area contributed by atoms with E-state index in [1.165, 1.54) is 6.07 Å². The summed E-state index contributed by atoms with van der Waals surface area (Å²) in [5.74, 6) is 0.467. The molecule has 1 amide bonds. The van der Waals surface area contributed by atoms with Crippen LogP contribution in [0.1, 0.15) is 47.4 Å². The highest BCUT2D eigenvalue weighted by atomic mass is 32.2. The third-order valence-electron chi connectivity index (χ3n) is 6.54. The normalized spacial score (nSPS) is 23.0. The first-order valence-electron chi connectivity index (χ1n) is 10.8. The van der Waals surface area contributed by atoms with E-state index >= 15 is 0 Å². The Balaban J connectivity index is 1.47. The molecular weight excluding hydrogens is 416 g/mol. The maximum absolute atomic E-state index is 13.6. The summed E-state index contributed by atoms with van der Waals surface area (Å²) in [6, 6.07) is 6.45. The number of anilines is 1. The lowest BCUT2D eigenvalue weighted by molar-refractivity contribution is 0.0639. The van der Waals surface area contributed by atoms with Crippen molar-refractivity contribution in [2.75, 3.05) is 37.0 Å². The van der Waals surface area contributed by atoms with Crippen molar-refractivity contribution in [3.8, 4) is 0 Å². The largest absolute Gasteiger partial charge is 0.378 e. The lowest BCUT2D eigenvalue weighted by Crippen LogP contribution is -2.43. The molecular formula is C22H26N4O4S. The number of nitrogens with zero attached hydrogens (tertiary/aromatic N) is 4. The van der Waals surface area contributed by atoms with Gasteiger partial charge >= 0.3 is 0 Å². The summed E-state index contributed by atoms with van der Waals surface area (Å²) >= 11 is 0. The SMILES string of the molecule is CCS(=O)(=O)c1ccccc1C(=O)N1C2CCC1c1cnc(N3CCOCC3)nc1C2. The summed E-state index contributed by atoms with van der Waals surface area (Å²) in [6.45, 7) is 4.50. The van der Waals surface area contributed by atoms with E-state index < -0.39 is 9.84 Å². The number of aromatic nitrogens is 2. The number of sulfone groups is 1. The Morgan fingerprint density at radius 2 is 1.97 bits per heavy atom. The predicted octanol–water partition coefficient (Wildman–Crippen LogP) is 2.01. The molecule has 2 atom stereocenters. The summed E-state index contributed by atoms with van der Waals surface area (Å²) in [6.07, 6.45) is 4.24. The molecule has 8 nitrogen and oxygen atoms in total. The van der Waals surface area contributed by atoms with Crippen LogP contribution in [0.4, 0.5) is 5.95 Å². The van der Waals surface area contributed by atoms with Crippen LogP contribution in [0.25, 0.3) is 0 Å². The van der Waals surface area contributed by atoms with Gasteiger partial charge in [-0.1, -0.05) is 19.1 Å². The molecule has 3 aliphatic rings. The summed E-state index contributed by atoms with van der Waals surface area (Å²) in [5, 5.41) is 0. The standard InChI is InChI=1S/C22H26N4O4S/c1-2-31(28,29)20-6-4-3-5-16(20)21(27)26-15-7-8-19(26)17-14-23-22(24-18(17)13-15)25-9-11-30-12-10-25/h3-6,14-15,19H,2,7-13H2,1H3.